The highest BCUT2D eigenvalue weighted by Crippen LogP contribution is 2.36. The van der Waals surface area contributed by atoms with E-state index >= 15 is 0 Å². The monoisotopic (exact) mass is 356 g/mol. The molecule has 0 fully saturated rings. The van der Waals surface area contributed by atoms with E-state index in [1.807, 2.05) is 37.3 Å². The number of hydrogen-bond donors (Lipinski definition) is 0. The number of cyclic esters (lactones) is 2. The highest BCUT2D eigenvalue weighted by molar-refractivity contribution is 6.22. The minimum absolute atomic E-state index is 0.320. The van der Waals surface area contributed by atoms with Crippen LogP contribution in [0.25, 0.3) is 33.7 Å². The van der Waals surface area contributed by atoms with Gasteiger partial charge in [-0.3, -0.25) is 0 Å². The molecule has 0 spiro atoms. The number of carbonyl (C=O) groups excluding carboxylic acids is 2. The molecule has 0 aliphatic carbocycles. The number of ether oxygens (including phenoxy) is 1. The van der Waals surface area contributed by atoms with Crippen molar-refractivity contribution in [3.05, 3.63) is 71.3 Å². The van der Waals surface area contributed by atoms with Crippen LogP contribution >= 0.6 is 0 Å². The highest BCUT2D eigenvalue weighted by atomic mass is 16.6. The summed E-state index contributed by atoms with van der Waals surface area (Å²) in [5, 5.41) is 9.53. The van der Waals surface area contributed by atoms with Gasteiger partial charge in [0, 0.05) is 16.5 Å². The number of aryl methyl sites for hydroxylation is 1. The summed E-state index contributed by atoms with van der Waals surface area (Å²) in [5.41, 5.74) is 3.31. The molecule has 0 bridgehead atoms. The Bertz CT molecular complexity index is 1220. The van der Waals surface area contributed by atoms with Crippen LogP contribution in [0.2, 0.25) is 0 Å². The minimum atomic E-state index is -0.652. The van der Waals surface area contributed by atoms with E-state index in [2.05, 4.69) is 10.2 Å². The molecule has 0 unspecified atom stereocenters. The molecule has 0 saturated heterocycles. The van der Waals surface area contributed by atoms with Gasteiger partial charge in [0.2, 0.25) is 11.8 Å². The van der Waals surface area contributed by atoms with Gasteiger partial charge < -0.3 is 9.15 Å². The SMILES string of the molecule is Cc1ccc(-c2nnc(-c3ccc4c5c(cccc35)C(=O)OC4=O)o2)cc1. The van der Waals surface area contributed by atoms with Crippen LogP contribution in [0.1, 0.15) is 26.3 Å². The number of esters is 2. The van der Waals surface area contributed by atoms with Crippen molar-refractivity contribution in [2.75, 3.05) is 0 Å². The summed E-state index contributed by atoms with van der Waals surface area (Å²) in [7, 11) is 0. The zero-order valence-electron chi connectivity index (χ0n) is 14.2. The Labute approximate surface area is 153 Å². The first-order chi connectivity index (χ1) is 13.1. The Morgan fingerprint density at radius 3 is 2.19 bits per heavy atom. The van der Waals surface area contributed by atoms with Crippen LogP contribution in [0.3, 0.4) is 0 Å². The number of hydrogen-bond acceptors (Lipinski definition) is 6. The fourth-order valence-corrected chi connectivity index (χ4v) is 3.27. The normalized spacial score (nSPS) is 13.1. The molecular weight excluding hydrogens is 344 g/mol. The van der Waals surface area contributed by atoms with Crippen LogP contribution < -0.4 is 0 Å². The molecule has 0 atom stereocenters. The lowest BCUT2D eigenvalue weighted by Gasteiger charge is -2.16. The van der Waals surface area contributed by atoms with Gasteiger partial charge in [0.25, 0.3) is 0 Å². The fraction of sp³-hybridized carbons (Fsp3) is 0.0476. The Kier molecular flexibility index (Phi) is 3.21. The molecule has 3 aromatic carbocycles. The summed E-state index contributed by atoms with van der Waals surface area (Å²) < 4.78 is 10.7. The van der Waals surface area contributed by atoms with Crippen LogP contribution in [-0.4, -0.2) is 22.1 Å². The van der Waals surface area contributed by atoms with Gasteiger partial charge in [-0.2, -0.15) is 0 Å². The number of nitrogens with zero attached hydrogens (tertiary/aromatic N) is 2. The summed E-state index contributed by atoms with van der Waals surface area (Å²) in [5.74, 6) is -0.580. The Morgan fingerprint density at radius 1 is 0.741 bits per heavy atom. The first-order valence-corrected chi connectivity index (χ1v) is 8.35. The molecule has 5 rings (SSSR count). The van der Waals surface area contributed by atoms with Gasteiger partial charge in [0.15, 0.2) is 0 Å². The van der Waals surface area contributed by atoms with E-state index < -0.39 is 11.9 Å². The summed E-state index contributed by atoms with van der Waals surface area (Å²) in [6.45, 7) is 2.00. The fourth-order valence-electron chi connectivity index (χ4n) is 3.27. The van der Waals surface area contributed by atoms with Crippen molar-refractivity contribution in [3.63, 3.8) is 0 Å². The van der Waals surface area contributed by atoms with Crippen molar-refractivity contribution in [1.29, 1.82) is 0 Å². The molecular formula is C21H12N2O4. The second-order valence-corrected chi connectivity index (χ2v) is 6.34. The maximum Gasteiger partial charge on any atom is 0.346 e. The van der Waals surface area contributed by atoms with E-state index in [0.29, 0.717) is 39.2 Å². The summed E-state index contributed by atoms with van der Waals surface area (Å²) in [6.07, 6.45) is 0. The van der Waals surface area contributed by atoms with Gasteiger partial charge in [-0.25, -0.2) is 9.59 Å². The molecule has 1 aromatic heterocycles. The largest absolute Gasteiger partial charge is 0.416 e. The van der Waals surface area contributed by atoms with E-state index in [1.54, 1.807) is 24.3 Å². The van der Waals surface area contributed by atoms with Crippen LogP contribution in [0.4, 0.5) is 0 Å². The molecule has 130 valence electrons. The van der Waals surface area contributed by atoms with Gasteiger partial charge in [0.05, 0.1) is 11.1 Å². The lowest BCUT2D eigenvalue weighted by atomic mass is 9.94. The molecule has 27 heavy (non-hydrogen) atoms. The average Bonchev–Trinajstić information content (AvgIpc) is 3.16. The van der Waals surface area contributed by atoms with E-state index in [1.165, 1.54) is 0 Å². The Balaban J connectivity index is 1.69. The van der Waals surface area contributed by atoms with Crippen molar-refractivity contribution in [2.24, 2.45) is 0 Å². The lowest BCUT2D eigenvalue weighted by Crippen LogP contribution is -2.19. The van der Waals surface area contributed by atoms with E-state index in [-0.39, 0.29) is 0 Å². The zero-order valence-corrected chi connectivity index (χ0v) is 14.2. The van der Waals surface area contributed by atoms with E-state index in [9.17, 15) is 9.59 Å². The predicted molar refractivity (Wildman–Crippen MR) is 97.2 cm³/mol. The molecule has 1 aliphatic heterocycles. The average molecular weight is 356 g/mol. The van der Waals surface area contributed by atoms with Gasteiger partial charge >= 0.3 is 11.9 Å². The van der Waals surface area contributed by atoms with E-state index in [4.69, 9.17) is 9.15 Å². The van der Waals surface area contributed by atoms with Crippen molar-refractivity contribution in [2.45, 2.75) is 6.92 Å². The molecule has 1 aliphatic rings. The first kappa shape index (κ1) is 15.5. The third-order valence-electron chi connectivity index (χ3n) is 4.62. The van der Waals surface area contributed by atoms with Crippen molar-refractivity contribution in [1.82, 2.24) is 10.2 Å². The Hall–Kier alpha value is -3.80. The number of benzene rings is 3. The first-order valence-electron chi connectivity index (χ1n) is 8.35. The Morgan fingerprint density at radius 2 is 1.41 bits per heavy atom. The quantitative estimate of drug-likeness (QED) is 0.396. The second-order valence-electron chi connectivity index (χ2n) is 6.34. The maximum atomic E-state index is 12.1. The zero-order chi connectivity index (χ0) is 18.5. The van der Waals surface area contributed by atoms with E-state index in [0.717, 1.165) is 11.1 Å². The van der Waals surface area contributed by atoms with Gasteiger partial charge in [-0.1, -0.05) is 29.8 Å². The van der Waals surface area contributed by atoms with Crippen molar-refractivity contribution < 1.29 is 18.7 Å². The van der Waals surface area contributed by atoms with Crippen LogP contribution in [0, 0.1) is 6.92 Å². The van der Waals surface area contributed by atoms with Gasteiger partial charge in [-0.05, 0) is 42.6 Å². The smallest absolute Gasteiger partial charge is 0.346 e. The van der Waals surface area contributed by atoms with Crippen LogP contribution in [-0.2, 0) is 4.74 Å². The van der Waals surface area contributed by atoms with Gasteiger partial charge in [-0.15, -0.1) is 10.2 Å². The molecule has 0 saturated carbocycles. The summed E-state index contributed by atoms with van der Waals surface area (Å²) >= 11 is 0. The van der Waals surface area contributed by atoms with Gasteiger partial charge in [0.1, 0.15) is 0 Å². The molecule has 0 amide bonds. The van der Waals surface area contributed by atoms with Crippen molar-refractivity contribution >= 4 is 22.7 Å². The predicted octanol–water partition coefficient (Wildman–Crippen LogP) is 4.18. The number of aromatic nitrogens is 2. The summed E-state index contributed by atoms with van der Waals surface area (Å²) in [6, 6.07) is 16.3. The lowest BCUT2D eigenvalue weighted by molar-refractivity contribution is 0.0391. The second kappa shape index (κ2) is 5.60. The molecule has 6 heteroatoms. The van der Waals surface area contributed by atoms with Crippen LogP contribution in [0.5, 0.6) is 0 Å². The third kappa shape index (κ3) is 2.34. The topological polar surface area (TPSA) is 82.3 Å². The number of carbonyl (C=O) groups is 2. The third-order valence-corrected chi connectivity index (χ3v) is 4.62. The summed E-state index contributed by atoms with van der Waals surface area (Å²) in [4.78, 5) is 24.1. The number of rotatable bonds is 2. The maximum absolute atomic E-state index is 12.1. The van der Waals surface area contributed by atoms with Crippen LogP contribution in [0.15, 0.2) is 59.0 Å². The molecule has 2 heterocycles. The standard InChI is InChI=1S/C21H12N2O4/c1-11-5-7-12(8-6-11)18-22-23-19(26-18)14-9-10-16-17-13(14)3-2-4-15(17)20(24)27-21(16)25/h2-10H,1H3. The minimum Gasteiger partial charge on any atom is -0.416 e. The molecule has 0 radical (unpaired) electrons. The molecule has 4 aromatic rings. The highest BCUT2D eigenvalue weighted by Gasteiger charge is 2.28. The molecule has 0 N–H and O–H groups in total. The van der Waals surface area contributed by atoms with Crippen molar-refractivity contribution in [3.8, 4) is 22.9 Å². The molecule has 6 nitrogen and oxygen atoms in total.